The third-order valence-electron chi connectivity index (χ3n) is 2.74. The number of nitrogens with one attached hydrogen (secondary N) is 1. The van der Waals surface area contributed by atoms with Gasteiger partial charge in [0.2, 0.25) is 11.8 Å². The van der Waals surface area contributed by atoms with E-state index >= 15 is 0 Å². The van der Waals surface area contributed by atoms with Crippen molar-refractivity contribution in [3.05, 3.63) is 30.3 Å². The van der Waals surface area contributed by atoms with Crippen LogP contribution in [0, 0.1) is 0 Å². The number of aliphatic carboxylic acids is 1. The predicted octanol–water partition coefficient (Wildman–Crippen LogP) is 0.846. The minimum absolute atomic E-state index is 0.230. The van der Waals surface area contributed by atoms with Crippen LogP contribution in [-0.2, 0) is 14.4 Å². The summed E-state index contributed by atoms with van der Waals surface area (Å²) in [5, 5.41) is 9.35. The third kappa shape index (κ3) is 3.60. The molecular weight excluding hydrogens is 296 g/mol. The van der Waals surface area contributed by atoms with Crippen molar-refractivity contribution in [1.82, 2.24) is 5.32 Å². The molecule has 1 aromatic carbocycles. The second-order valence-corrected chi connectivity index (χ2v) is 5.41. The van der Waals surface area contributed by atoms with Gasteiger partial charge in [0.1, 0.15) is 11.8 Å². The Morgan fingerprint density at radius 2 is 1.90 bits per heavy atom. The van der Waals surface area contributed by atoms with E-state index in [-0.39, 0.29) is 6.42 Å². The highest BCUT2D eigenvalue weighted by atomic mass is 32.2. The topological polar surface area (TPSA) is 104 Å². The molecule has 1 heterocycles. The normalized spacial score (nSPS) is 17.9. The van der Waals surface area contributed by atoms with Crippen LogP contribution < -0.4 is 10.2 Å². The van der Waals surface area contributed by atoms with Crippen molar-refractivity contribution < 1.29 is 24.3 Å². The Morgan fingerprint density at radius 1 is 1.24 bits per heavy atom. The summed E-state index contributed by atoms with van der Waals surface area (Å²) in [6, 6.07) is 8.42. The van der Waals surface area contributed by atoms with Crippen molar-refractivity contribution in [3.63, 3.8) is 0 Å². The first-order chi connectivity index (χ1) is 9.99. The summed E-state index contributed by atoms with van der Waals surface area (Å²) in [4.78, 5) is 47.0. The number of anilines is 1. The maximum atomic E-state index is 12.2. The molecule has 2 N–H and O–H groups in total. The summed E-state index contributed by atoms with van der Waals surface area (Å²) in [6.45, 7) is -0.513. The smallest absolute Gasteiger partial charge is 0.322 e. The van der Waals surface area contributed by atoms with Crippen molar-refractivity contribution >= 4 is 40.5 Å². The first-order valence-electron chi connectivity index (χ1n) is 6.07. The second kappa shape index (κ2) is 6.40. The van der Waals surface area contributed by atoms with Crippen LogP contribution in [0.2, 0.25) is 0 Å². The van der Waals surface area contributed by atoms with E-state index in [1.54, 1.807) is 30.3 Å². The van der Waals surface area contributed by atoms with Crippen LogP contribution in [-0.4, -0.2) is 39.9 Å². The molecule has 1 saturated heterocycles. The van der Waals surface area contributed by atoms with Gasteiger partial charge in [-0.3, -0.25) is 19.2 Å². The van der Waals surface area contributed by atoms with E-state index in [9.17, 15) is 19.2 Å². The van der Waals surface area contributed by atoms with Gasteiger partial charge in [-0.25, -0.2) is 4.90 Å². The zero-order chi connectivity index (χ0) is 15.4. The van der Waals surface area contributed by atoms with Crippen LogP contribution in [0.4, 0.5) is 10.5 Å². The van der Waals surface area contributed by atoms with Crippen LogP contribution in [0.3, 0.4) is 0 Å². The van der Waals surface area contributed by atoms with Gasteiger partial charge in [0.05, 0.1) is 5.69 Å². The lowest BCUT2D eigenvalue weighted by Gasteiger charge is -2.13. The SMILES string of the molecule is O=C(O)CNC(=O)CC1SC(=O)N(c2ccccc2)C1=O. The molecule has 1 aliphatic heterocycles. The summed E-state index contributed by atoms with van der Waals surface area (Å²) in [7, 11) is 0. The highest BCUT2D eigenvalue weighted by molar-refractivity contribution is 8.15. The number of para-hydroxylation sites is 1. The standard InChI is InChI=1S/C13H12N2O5S/c16-10(14-7-11(17)18)6-9-12(19)15(13(20)21-9)8-4-2-1-3-5-8/h1-5,9H,6-7H2,(H,14,16)(H,17,18). The van der Waals surface area contributed by atoms with Gasteiger partial charge in [0.15, 0.2) is 0 Å². The molecule has 1 atom stereocenters. The van der Waals surface area contributed by atoms with E-state index in [1.807, 2.05) is 0 Å². The Hall–Kier alpha value is -2.35. The Morgan fingerprint density at radius 3 is 2.52 bits per heavy atom. The van der Waals surface area contributed by atoms with E-state index in [0.29, 0.717) is 5.69 Å². The molecule has 110 valence electrons. The van der Waals surface area contributed by atoms with Crippen molar-refractivity contribution in [2.75, 3.05) is 11.4 Å². The average Bonchev–Trinajstić information content (AvgIpc) is 2.72. The largest absolute Gasteiger partial charge is 0.480 e. The third-order valence-corrected chi connectivity index (χ3v) is 3.78. The van der Waals surface area contributed by atoms with Crippen molar-refractivity contribution in [1.29, 1.82) is 0 Å². The van der Waals surface area contributed by atoms with Gasteiger partial charge in [0, 0.05) is 6.42 Å². The molecule has 1 aliphatic rings. The molecule has 1 fully saturated rings. The zero-order valence-corrected chi connectivity index (χ0v) is 11.6. The number of carboxylic acids is 1. The first kappa shape index (κ1) is 15.0. The first-order valence-corrected chi connectivity index (χ1v) is 6.95. The van der Waals surface area contributed by atoms with Crippen LogP contribution in [0.15, 0.2) is 30.3 Å². The lowest BCUT2D eigenvalue weighted by Crippen LogP contribution is -2.35. The van der Waals surface area contributed by atoms with E-state index in [2.05, 4.69) is 5.32 Å². The number of benzene rings is 1. The number of thioether (sulfide) groups is 1. The minimum atomic E-state index is -1.17. The van der Waals surface area contributed by atoms with E-state index in [4.69, 9.17) is 5.11 Å². The molecule has 8 heteroatoms. The maximum Gasteiger partial charge on any atom is 0.322 e. The van der Waals surface area contributed by atoms with Gasteiger partial charge < -0.3 is 10.4 Å². The Balaban J connectivity index is 2.02. The molecule has 1 unspecified atom stereocenters. The molecular formula is C13H12N2O5S. The molecule has 0 bridgehead atoms. The Bertz CT molecular complexity index is 589. The number of hydrogen-bond acceptors (Lipinski definition) is 5. The number of amides is 3. The highest BCUT2D eigenvalue weighted by Gasteiger charge is 2.41. The molecule has 0 spiro atoms. The number of carboxylic acid groups (broad SMARTS) is 1. The summed E-state index contributed by atoms with van der Waals surface area (Å²) < 4.78 is 0. The fourth-order valence-corrected chi connectivity index (χ4v) is 2.80. The molecule has 7 nitrogen and oxygen atoms in total. The number of rotatable bonds is 5. The molecule has 2 rings (SSSR count). The Kier molecular flexibility index (Phi) is 4.59. The molecule has 0 aromatic heterocycles. The van der Waals surface area contributed by atoms with Crippen LogP contribution in [0.1, 0.15) is 6.42 Å². The molecule has 21 heavy (non-hydrogen) atoms. The van der Waals surface area contributed by atoms with Crippen molar-refractivity contribution in [3.8, 4) is 0 Å². The van der Waals surface area contributed by atoms with Gasteiger partial charge in [-0.15, -0.1) is 0 Å². The minimum Gasteiger partial charge on any atom is -0.480 e. The summed E-state index contributed by atoms with van der Waals surface area (Å²) >= 11 is 0.768. The van der Waals surface area contributed by atoms with Crippen molar-refractivity contribution in [2.45, 2.75) is 11.7 Å². The fraction of sp³-hybridized carbons (Fsp3) is 0.231. The van der Waals surface area contributed by atoms with Gasteiger partial charge in [0.25, 0.3) is 5.24 Å². The zero-order valence-electron chi connectivity index (χ0n) is 10.8. The number of hydrogen-bond donors (Lipinski definition) is 2. The van der Waals surface area contributed by atoms with E-state index < -0.39 is 34.8 Å². The van der Waals surface area contributed by atoms with Gasteiger partial charge in [-0.2, -0.15) is 0 Å². The molecule has 0 aliphatic carbocycles. The van der Waals surface area contributed by atoms with E-state index in [0.717, 1.165) is 16.7 Å². The van der Waals surface area contributed by atoms with Crippen LogP contribution in [0.25, 0.3) is 0 Å². The lowest BCUT2D eigenvalue weighted by molar-refractivity contribution is -0.137. The number of nitrogens with zero attached hydrogens (tertiary/aromatic N) is 1. The molecule has 0 saturated carbocycles. The van der Waals surface area contributed by atoms with Gasteiger partial charge >= 0.3 is 5.97 Å². The van der Waals surface area contributed by atoms with Crippen LogP contribution in [0.5, 0.6) is 0 Å². The van der Waals surface area contributed by atoms with Crippen molar-refractivity contribution in [2.24, 2.45) is 0 Å². The highest BCUT2D eigenvalue weighted by Crippen LogP contribution is 2.33. The fourth-order valence-electron chi connectivity index (χ4n) is 1.81. The summed E-state index contributed by atoms with van der Waals surface area (Å²) in [5.41, 5.74) is 0.452. The maximum absolute atomic E-state index is 12.2. The quantitative estimate of drug-likeness (QED) is 0.835. The predicted molar refractivity (Wildman–Crippen MR) is 76.0 cm³/mol. The average molecular weight is 308 g/mol. The van der Waals surface area contributed by atoms with E-state index in [1.165, 1.54) is 0 Å². The Labute approximate surface area is 124 Å². The van der Waals surface area contributed by atoms with Gasteiger partial charge in [-0.1, -0.05) is 18.2 Å². The summed E-state index contributed by atoms with van der Waals surface area (Å²) in [6.07, 6.45) is -0.230. The second-order valence-electron chi connectivity index (χ2n) is 4.26. The number of carbonyl (C=O) groups is 4. The molecule has 1 aromatic rings. The molecule has 3 amide bonds. The number of carbonyl (C=O) groups excluding carboxylic acids is 3. The molecule has 0 radical (unpaired) electrons. The lowest BCUT2D eigenvalue weighted by atomic mass is 10.2. The number of imide groups is 1. The van der Waals surface area contributed by atoms with Crippen LogP contribution >= 0.6 is 11.8 Å². The summed E-state index contributed by atoms with van der Waals surface area (Å²) in [5.74, 6) is -2.22. The monoisotopic (exact) mass is 308 g/mol. The van der Waals surface area contributed by atoms with Gasteiger partial charge in [-0.05, 0) is 23.9 Å².